The van der Waals surface area contributed by atoms with Crippen molar-refractivity contribution in [2.75, 3.05) is 34.3 Å². The number of carboxylic acids is 1. The van der Waals surface area contributed by atoms with E-state index in [1.807, 2.05) is 21.1 Å². The van der Waals surface area contributed by atoms with Crippen molar-refractivity contribution >= 4 is 11.9 Å². The second-order valence-corrected chi connectivity index (χ2v) is 8.62. The summed E-state index contributed by atoms with van der Waals surface area (Å²) < 4.78 is 32.5. The van der Waals surface area contributed by atoms with Gasteiger partial charge in [-0.25, -0.2) is 8.78 Å². The number of aliphatic carboxylic acids is 1. The zero-order valence-electron chi connectivity index (χ0n) is 18.2. The van der Waals surface area contributed by atoms with Gasteiger partial charge in [-0.05, 0) is 31.0 Å². The predicted octanol–water partition coefficient (Wildman–Crippen LogP) is 2.15. The van der Waals surface area contributed by atoms with Gasteiger partial charge < -0.3 is 24.4 Å². The van der Waals surface area contributed by atoms with Crippen molar-refractivity contribution in [1.82, 2.24) is 5.32 Å². The maximum atomic E-state index is 13.5. The molecule has 1 aromatic carbocycles. The summed E-state index contributed by atoms with van der Waals surface area (Å²) in [5.41, 5.74) is 0.211. The van der Waals surface area contributed by atoms with Gasteiger partial charge in [-0.2, -0.15) is 0 Å². The molecule has 6 nitrogen and oxygen atoms in total. The molecule has 30 heavy (non-hydrogen) atoms. The van der Waals surface area contributed by atoms with Crippen molar-refractivity contribution in [2.24, 2.45) is 0 Å². The Hall–Kier alpha value is -2.06. The number of benzene rings is 1. The first-order valence-electron chi connectivity index (χ1n) is 10.4. The number of nitrogens with one attached hydrogen (secondary N) is 1. The van der Waals surface area contributed by atoms with Crippen LogP contribution in [0, 0.1) is 11.6 Å². The third-order valence-corrected chi connectivity index (χ3v) is 4.50. The van der Waals surface area contributed by atoms with Crippen molar-refractivity contribution in [2.45, 2.75) is 57.6 Å². The highest BCUT2D eigenvalue weighted by Gasteiger charge is 2.20. The van der Waals surface area contributed by atoms with Gasteiger partial charge in [-0.1, -0.05) is 19.3 Å². The van der Waals surface area contributed by atoms with Gasteiger partial charge in [0.15, 0.2) is 0 Å². The number of carbonyl (C=O) groups excluding carboxylic acids is 2. The molecule has 0 bridgehead atoms. The average Bonchev–Trinajstić information content (AvgIpc) is 2.61. The van der Waals surface area contributed by atoms with Crippen molar-refractivity contribution in [3.8, 4) is 0 Å². The lowest BCUT2D eigenvalue weighted by atomic mass is 10.1. The van der Waals surface area contributed by atoms with Gasteiger partial charge in [0.2, 0.25) is 5.91 Å². The monoisotopic (exact) mass is 428 g/mol. The number of halogens is 2. The second kappa shape index (κ2) is 13.3. The minimum absolute atomic E-state index is 0.0457. The average molecular weight is 429 g/mol. The Morgan fingerprint density at radius 3 is 2.43 bits per heavy atom. The van der Waals surface area contributed by atoms with Crippen LogP contribution in [0.2, 0.25) is 0 Å². The minimum atomic E-state index is -1.17. The number of likely N-dealkylation sites (N-methyl/N-ethyl adjacent to an activating group) is 1. The fourth-order valence-corrected chi connectivity index (χ4v) is 3.18. The third kappa shape index (κ3) is 12.5. The molecule has 0 heterocycles. The van der Waals surface area contributed by atoms with Crippen LogP contribution in [0.5, 0.6) is 0 Å². The molecular formula is C22H34F2N2O4. The van der Waals surface area contributed by atoms with Crippen LogP contribution in [0.15, 0.2) is 18.2 Å². The van der Waals surface area contributed by atoms with E-state index in [9.17, 15) is 23.5 Å². The lowest BCUT2D eigenvalue weighted by Crippen LogP contribution is -2.50. The Balaban J connectivity index is 2.11. The number of hydrogen-bond donors (Lipinski definition) is 1. The quantitative estimate of drug-likeness (QED) is 0.343. The van der Waals surface area contributed by atoms with E-state index in [-0.39, 0.29) is 24.5 Å². The number of ether oxygens (including phenoxy) is 1. The molecule has 1 aromatic rings. The van der Waals surface area contributed by atoms with Crippen LogP contribution in [0.25, 0.3) is 0 Å². The molecule has 1 amide bonds. The molecule has 0 saturated carbocycles. The molecule has 0 radical (unpaired) electrons. The lowest BCUT2D eigenvalue weighted by molar-refractivity contribution is -0.871. The summed E-state index contributed by atoms with van der Waals surface area (Å²) in [5, 5.41) is 13.7. The Labute approximate surface area is 177 Å². The van der Waals surface area contributed by atoms with Crippen molar-refractivity contribution in [1.29, 1.82) is 0 Å². The SMILES string of the molecule is C[N+](C)(C)CC(CC(=O)[O-])NC(=O)CCCCCCCOCc1cc(F)ccc1F. The summed E-state index contributed by atoms with van der Waals surface area (Å²) in [4.78, 5) is 23.0. The van der Waals surface area contributed by atoms with E-state index >= 15 is 0 Å². The van der Waals surface area contributed by atoms with Gasteiger partial charge >= 0.3 is 0 Å². The van der Waals surface area contributed by atoms with Crippen LogP contribution in [-0.2, 0) is 20.9 Å². The Kier molecular flexibility index (Phi) is 11.5. The summed E-state index contributed by atoms with van der Waals surface area (Å²) in [6.07, 6.45) is 4.43. The van der Waals surface area contributed by atoms with Crippen LogP contribution in [0.4, 0.5) is 8.78 Å². The molecule has 0 aliphatic rings. The fraction of sp³-hybridized carbons (Fsp3) is 0.636. The summed E-state index contributed by atoms with van der Waals surface area (Å²) in [5.74, 6) is -2.27. The molecule has 8 heteroatoms. The van der Waals surface area contributed by atoms with Crippen LogP contribution in [0.3, 0.4) is 0 Å². The molecule has 1 unspecified atom stereocenters. The topological polar surface area (TPSA) is 78.5 Å². The molecular weight excluding hydrogens is 394 g/mol. The largest absolute Gasteiger partial charge is 0.550 e. The van der Waals surface area contributed by atoms with E-state index in [0.717, 1.165) is 50.3 Å². The molecule has 1 atom stereocenters. The van der Waals surface area contributed by atoms with Gasteiger partial charge in [0.25, 0.3) is 0 Å². The molecule has 0 spiro atoms. The third-order valence-electron chi connectivity index (χ3n) is 4.50. The van der Waals surface area contributed by atoms with Crippen molar-refractivity contribution in [3.05, 3.63) is 35.4 Å². The maximum absolute atomic E-state index is 13.5. The van der Waals surface area contributed by atoms with E-state index in [2.05, 4.69) is 5.32 Å². The van der Waals surface area contributed by atoms with Gasteiger partial charge in [0.1, 0.15) is 11.6 Å². The normalized spacial score (nSPS) is 12.6. The van der Waals surface area contributed by atoms with Crippen molar-refractivity contribution < 1.29 is 32.7 Å². The number of unbranched alkanes of at least 4 members (excludes halogenated alkanes) is 4. The van der Waals surface area contributed by atoms with Crippen LogP contribution in [0.1, 0.15) is 50.5 Å². The van der Waals surface area contributed by atoms with Gasteiger partial charge in [0.05, 0.1) is 40.3 Å². The highest BCUT2D eigenvalue weighted by atomic mass is 19.1. The lowest BCUT2D eigenvalue weighted by Gasteiger charge is -2.30. The van der Waals surface area contributed by atoms with Crippen LogP contribution < -0.4 is 10.4 Å². The van der Waals surface area contributed by atoms with E-state index in [1.165, 1.54) is 0 Å². The maximum Gasteiger partial charge on any atom is 0.220 e. The molecule has 170 valence electrons. The van der Waals surface area contributed by atoms with E-state index in [4.69, 9.17) is 4.74 Å². The van der Waals surface area contributed by atoms with Gasteiger partial charge in [-0.15, -0.1) is 0 Å². The molecule has 0 fully saturated rings. The summed E-state index contributed by atoms with van der Waals surface area (Å²) in [6, 6.07) is 2.86. The molecule has 0 aliphatic carbocycles. The second-order valence-electron chi connectivity index (χ2n) is 8.62. The summed E-state index contributed by atoms with van der Waals surface area (Å²) >= 11 is 0. The fourth-order valence-electron chi connectivity index (χ4n) is 3.18. The van der Waals surface area contributed by atoms with Gasteiger partial charge in [0, 0.05) is 31.0 Å². The van der Waals surface area contributed by atoms with Crippen LogP contribution >= 0.6 is 0 Å². The Bertz CT molecular complexity index is 678. The molecule has 0 aliphatic heterocycles. The number of carboxylic acid groups (broad SMARTS) is 1. The number of carbonyl (C=O) groups is 2. The number of hydrogen-bond acceptors (Lipinski definition) is 4. The molecule has 0 saturated heterocycles. The summed E-state index contributed by atoms with van der Waals surface area (Å²) in [6.45, 7) is 1.02. The first kappa shape index (κ1) is 26.0. The summed E-state index contributed by atoms with van der Waals surface area (Å²) in [7, 11) is 5.81. The van der Waals surface area contributed by atoms with Crippen molar-refractivity contribution in [3.63, 3.8) is 0 Å². The Morgan fingerprint density at radius 1 is 1.10 bits per heavy atom. The highest BCUT2D eigenvalue weighted by molar-refractivity contribution is 5.77. The first-order chi connectivity index (χ1) is 14.1. The predicted molar refractivity (Wildman–Crippen MR) is 108 cm³/mol. The number of nitrogens with zero attached hydrogens (tertiary/aromatic N) is 1. The van der Waals surface area contributed by atoms with E-state index in [0.29, 0.717) is 24.1 Å². The molecule has 1 rings (SSSR count). The van der Waals surface area contributed by atoms with Crippen LogP contribution in [-0.4, -0.2) is 56.7 Å². The number of amides is 1. The highest BCUT2D eigenvalue weighted by Crippen LogP contribution is 2.12. The zero-order chi connectivity index (χ0) is 22.6. The Morgan fingerprint density at radius 2 is 1.77 bits per heavy atom. The standard InChI is InChI=1S/C22H34F2N2O4/c1-26(2,3)15-19(14-22(28)29)25-21(27)9-7-5-4-6-8-12-30-16-17-13-18(23)10-11-20(17)24/h10-11,13,19H,4-9,12,14-16H2,1-3H3,(H-,25,27,28,29). The molecule has 1 N–H and O–H groups in total. The smallest absolute Gasteiger partial charge is 0.220 e. The first-order valence-corrected chi connectivity index (χ1v) is 10.4. The zero-order valence-corrected chi connectivity index (χ0v) is 18.2. The molecule has 0 aromatic heterocycles. The number of quaternary nitrogens is 1. The number of rotatable bonds is 15. The van der Waals surface area contributed by atoms with E-state index in [1.54, 1.807) is 0 Å². The minimum Gasteiger partial charge on any atom is -0.550 e. The van der Waals surface area contributed by atoms with E-state index < -0.39 is 23.6 Å². The van der Waals surface area contributed by atoms with Gasteiger partial charge in [-0.3, -0.25) is 4.79 Å².